The maximum Gasteiger partial charge on any atom is 0.194 e. The molecule has 25 heavy (non-hydrogen) atoms. The van der Waals surface area contributed by atoms with E-state index in [0.29, 0.717) is 12.3 Å². The Morgan fingerprint density at radius 1 is 1.20 bits per heavy atom. The number of benzene rings is 2. The topological polar surface area (TPSA) is 57.1 Å². The number of phenolic OH excluding ortho intramolecular Hbond substituents is 1. The molecule has 3 rings (SSSR count). The van der Waals surface area contributed by atoms with E-state index in [1.807, 2.05) is 12.1 Å². The van der Waals surface area contributed by atoms with Gasteiger partial charge in [-0.2, -0.15) is 0 Å². The molecule has 0 atom stereocenters. The molecule has 5 nitrogen and oxygen atoms in total. The van der Waals surface area contributed by atoms with Gasteiger partial charge < -0.3 is 20.1 Å². The lowest BCUT2D eigenvalue weighted by Gasteiger charge is -2.31. The molecule has 2 aromatic rings. The molecule has 1 aliphatic rings. The zero-order valence-electron chi connectivity index (χ0n) is 14.8. The summed E-state index contributed by atoms with van der Waals surface area (Å²) in [5.74, 6) is 1.51. The minimum absolute atomic E-state index is 0.161. The van der Waals surface area contributed by atoms with Crippen LogP contribution in [0.15, 0.2) is 47.5 Å². The first-order chi connectivity index (χ1) is 12.2. The van der Waals surface area contributed by atoms with E-state index in [1.54, 1.807) is 13.2 Å². The fourth-order valence-corrected chi connectivity index (χ4v) is 3.12. The Balaban J connectivity index is 1.79. The van der Waals surface area contributed by atoms with Gasteiger partial charge in [-0.3, -0.25) is 0 Å². The number of aromatic hydroxyl groups is 1. The van der Waals surface area contributed by atoms with Crippen molar-refractivity contribution >= 4 is 5.96 Å². The summed E-state index contributed by atoms with van der Waals surface area (Å²) >= 11 is 0. The zero-order chi connectivity index (χ0) is 17.6. The Morgan fingerprint density at radius 3 is 2.76 bits per heavy atom. The van der Waals surface area contributed by atoms with E-state index in [1.165, 1.54) is 11.1 Å². The summed E-state index contributed by atoms with van der Waals surface area (Å²) in [7, 11) is 1.55. The standard InChI is InChI=1S/C20H25N3O2/c1-3-21-20(22-13-16-9-6-10-18(25-2)19(16)24)23-12-11-15-7-4-5-8-17(15)14-23/h4-10,24H,3,11-14H2,1-2H3,(H,21,22). The summed E-state index contributed by atoms with van der Waals surface area (Å²) in [6, 6.07) is 14.0. The van der Waals surface area contributed by atoms with Crippen LogP contribution in [0.2, 0.25) is 0 Å². The molecule has 0 saturated carbocycles. The van der Waals surface area contributed by atoms with Gasteiger partial charge in [0.15, 0.2) is 17.5 Å². The van der Waals surface area contributed by atoms with Crippen molar-refractivity contribution in [3.8, 4) is 11.5 Å². The van der Waals surface area contributed by atoms with Gasteiger partial charge in [-0.05, 0) is 30.5 Å². The molecule has 0 radical (unpaired) electrons. The average Bonchev–Trinajstić information content (AvgIpc) is 2.65. The van der Waals surface area contributed by atoms with Gasteiger partial charge in [0.05, 0.1) is 13.7 Å². The minimum Gasteiger partial charge on any atom is -0.504 e. The number of ether oxygens (including phenoxy) is 1. The molecule has 0 bridgehead atoms. The number of para-hydroxylation sites is 1. The average molecular weight is 339 g/mol. The second-order valence-electron chi connectivity index (χ2n) is 6.08. The molecule has 0 aliphatic carbocycles. The molecular weight excluding hydrogens is 314 g/mol. The van der Waals surface area contributed by atoms with Gasteiger partial charge in [-0.1, -0.05) is 36.4 Å². The second-order valence-corrected chi connectivity index (χ2v) is 6.08. The SMILES string of the molecule is CCNC(=NCc1cccc(OC)c1O)N1CCc2ccccc2C1. The second kappa shape index (κ2) is 7.92. The number of guanidine groups is 1. The Bertz CT molecular complexity index is 758. The van der Waals surface area contributed by atoms with Gasteiger partial charge in [0.25, 0.3) is 0 Å². The summed E-state index contributed by atoms with van der Waals surface area (Å²) in [4.78, 5) is 7.00. The molecule has 0 unspecified atom stereocenters. The summed E-state index contributed by atoms with van der Waals surface area (Å²) < 4.78 is 5.17. The van der Waals surface area contributed by atoms with Gasteiger partial charge in [-0.15, -0.1) is 0 Å². The first-order valence-corrected chi connectivity index (χ1v) is 8.67. The van der Waals surface area contributed by atoms with Crippen LogP contribution in [-0.2, 0) is 19.5 Å². The number of rotatable bonds is 4. The molecule has 5 heteroatoms. The summed E-state index contributed by atoms with van der Waals surface area (Å²) in [5.41, 5.74) is 3.52. The van der Waals surface area contributed by atoms with Crippen molar-refractivity contribution in [2.24, 2.45) is 4.99 Å². The van der Waals surface area contributed by atoms with Crippen LogP contribution < -0.4 is 10.1 Å². The number of methoxy groups -OCH3 is 1. The molecule has 2 aromatic carbocycles. The monoisotopic (exact) mass is 339 g/mol. The quantitative estimate of drug-likeness (QED) is 0.664. The van der Waals surface area contributed by atoms with Crippen LogP contribution in [0.25, 0.3) is 0 Å². The Hall–Kier alpha value is -2.69. The molecule has 1 aliphatic heterocycles. The van der Waals surface area contributed by atoms with Crippen LogP contribution in [0.1, 0.15) is 23.6 Å². The van der Waals surface area contributed by atoms with E-state index in [9.17, 15) is 5.11 Å². The maximum absolute atomic E-state index is 10.2. The first kappa shape index (κ1) is 17.1. The fourth-order valence-electron chi connectivity index (χ4n) is 3.12. The Labute approximate surface area is 149 Å². The van der Waals surface area contributed by atoms with Gasteiger partial charge in [0, 0.05) is 25.2 Å². The molecule has 132 valence electrons. The third-order valence-electron chi connectivity index (χ3n) is 4.47. The van der Waals surface area contributed by atoms with E-state index in [-0.39, 0.29) is 5.75 Å². The summed E-state index contributed by atoms with van der Waals surface area (Å²) in [5, 5.41) is 13.6. The van der Waals surface area contributed by atoms with Crippen molar-refractivity contribution in [1.29, 1.82) is 0 Å². The number of hydrogen-bond donors (Lipinski definition) is 2. The highest BCUT2D eigenvalue weighted by molar-refractivity contribution is 5.80. The molecule has 1 heterocycles. The van der Waals surface area contributed by atoms with Crippen LogP contribution in [0.4, 0.5) is 0 Å². The lowest BCUT2D eigenvalue weighted by molar-refractivity contribution is 0.369. The smallest absolute Gasteiger partial charge is 0.194 e. The van der Waals surface area contributed by atoms with Crippen molar-refractivity contribution in [2.45, 2.75) is 26.4 Å². The summed E-state index contributed by atoms with van der Waals surface area (Å²) in [6.07, 6.45) is 1.02. The van der Waals surface area contributed by atoms with E-state index in [2.05, 4.69) is 41.4 Å². The highest BCUT2D eigenvalue weighted by atomic mass is 16.5. The normalized spacial score (nSPS) is 14.2. The molecule has 0 spiro atoms. The predicted octanol–water partition coefficient (Wildman–Crippen LogP) is 2.92. The Morgan fingerprint density at radius 2 is 2.00 bits per heavy atom. The molecule has 0 amide bonds. The van der Waals surface area contributed by atoms with E-state index in [0.717, 1.165) is 37.6 Å². The van der Waals surface area contributed by atoms with E-state index in [4.69, 9.17) is 9.73 Å². The van der Waals surface area contributed by atoms with Crippen molar-refractivity contribution in [1.82, 2.24) is 10.2 Å². The molecule has 0 aromatic heterocycles. The predicted molar refractivity (Wildman–Crippen MR) is 100 cm³/mol. The van der Waals surface area contributed by atoms with Crippen LogP contribution in [0.5, 0.6) is 11.5 Å². The number of hydrogen-bond acceptors (Lipinski definition) is 3. The molecular formula is C20H25N3O2. The van der Waals surface area contributed by atoms with E-state index < -0.39 is 0 Å². The van der Waals surface area contributed by atoms with Gasteiger partial charge in [0.1, 0.15) is 0 Å². The minimum atomic E-state index is 0.161. The van der Waals surface area contributed by atoms with Gasteiger partial charge in [0.2, 0.25) is 0 Å². The molecule has 0 fully saturated rings. The van der Waals surface area contributed by atoms with Gasteiger partial charge in [-0.25, -0.2) is 4.99 Å². The van der Waals surface area contributed by atoms with Crippen molar-refractivity contribution in [2.75, 3.05) is 20.2 Å². The number of phenols is 1. The third-order valence-corrected chi connectivity index (χ3v) is 4.47. The summed E-state index contributed by atoms with van der Waals surface area (Å²) in [6.45, 7) is 5.07. The van der Waals surface area contributed by atoms with Crippen LogP contribution in [0.3, 0.4) is 0 Å². The zero-order valence-corrected chi connectivity index (χ0v) is 14.8. The first-order valence-electron chi connectivity index (χ1n) is 8.67. The molecule has 2 N–H and O–H groups in total. The maximum atomic E-state index is 10.2. The van der Waals surface area contributed by atoms with Crippen molar-refractivity contribution in [3.05, 3.63) is 59.2 Å². The third kappa shape index (κ3) is 3.87. The lowest BCUT2D eigenvalue weighted by atomic mass is 10.0. The van der Waals surface area contributed by atoms with E-state index >= 15 is 0 Å². The van der Waals surface area contributed by atoms with Gasteiger partial charge >= 0.3 is 0 Å². The Kier molecular flexibility index (Phi) is 5.43. The fraction of sp³-hybridized carbons (Fsp3) is 0.350. The highest BCUT2D eigenvalue weighted by Gasteiger charge is 2.18. The van der Waals surface area contributed by atoms with Crippen LogP contribution in [0, 0.1) is 0 Å². The van der Waals surface area contributed by atoms with Crippen LogP contribution in [-0.4, -0.2) is 36.2 Å². The molecule has 0 saturated heterocycles. The number of nitrogens with zero attached hydrogens (tertiary/aromatic N) is 2. The number of fused-ring (bicyclic) bond motifs is 1. The largest absolute Gasteiger partial charge is 0.504 e. The lowest BCUT2D eigenvalue weighted by Crippen LogP contribution is -2.44. The number of aliphatic imine (C=N–C) groups is 1. The highest BCUT2D eigenvalue weighted by Crippen LogP contribution is 2.29. The number of nitrogens with one attached hydrogen (secondary N) is 1. The van der Waals surface area contributed by atoms with Crippen LogP contribution >= 0.6 is 0 Å². The van der Waals surface area contributed by atoms with Crippen molar-refractivity contribution in [3.63, 3.8) is 0 Å². The van der Waals surface area contributed by atoms with Crippen molar-refractivity contribution < 1.29 is 9.84 Å².